The first kappa shape index (κ1) is 22.8. The number of nitrogens with zero attached hydrogens (tertiary/aromatic N) is 5. The Morgan fingerprint density at radius 2 is 2.03 bits per heavy atom. The average molecular weight is 488 g/mol. The highest BCUT2D eigenvalue weighted by atomic mass is 19.1. The number of pyridine rings is 1. The summed E-state index contributed by atoms with van der Waals surface area (Å²) >= 11 is 0. The topological polar surface area (TPSA) is 89.7 Å². The van der Waals surface area contributed by atoms with Gasteiger partial charge in [-0.3, -0.25) is 14.2 Å². The molecular weight excluding hydrogens is 457 g/mol. The standard InChI is InChI=1S/C27H30FN7O/c1-4-34-24(36)20-15-30-25(32-18-5-6-21-17(13-18)7-12-31-27(21)9-10-27)33-23(20)35(34)19-8-11-29-22(14-19)26(2,3)16-28/h5-6,8,11,13-15,31H,4,7,9-10,12,16H2,1-3H3,(H,30,32,33). The van der Waals surface area contributed by atoms with Gasteiger partial charge in [-0.05, 0) is 61.6 Å². The molecule has 0 bridgehead atoms. The Kier molecular flexibility index (Phi) is 5.22. The highest BCUT2D eigenvalue weighted by molar-refractivity contribution is 5.77. The Morgan fingerprint density at radius 1 is 1.19 bits per heavy atom. The second-order valence-electron chi connectivity index (χ2n) is 10.4. The molecular formula is C27H30FN7O. The van der Waals surface area contributed by atoms with Crippen molar-refractivity contribution in [3.05, 3.63) is 69.9 Å². The highest BCUT2D eigenvalue weighted by Gasteiger charge is 2.46. The van der Waals surface area contributed by atoms with Gasteiger partial charge in [-0.25, -0.2) is 14.3 Å². The largest absolute Gasteiger partial charge is 0.324 e. The minimum Gasteiger partial charge on any atom is -0.324 e. The van der Waals surface area contributed by atoms with Crippen molar-refractivity contribution in [2.75, 3.05) is 18.5 Å². The molecule has 2 aliphatic rings. The summed E-state index contributed by atoms with van der Waals surface area (Å²) in [6, 6.07) is 10.1. The second kappa shape index (κ2) is 8.23. The Morgan fingerprint density at radius 3 is 2.78 bits per heavy atom. The monoisotopic (exact) mass is 487 g/mol. The summed E-state index contributed by atoms with van der Waals surface area (Å²) in [5.74, 6) is 0.415. The molecule has 0 radical (unpaired) electrons. The third-order valence-corrected chi connectivity index (χ3v) is 7.48. The first-order valence-corrected chi connectivity index (χ1v) is 12.5. The number of rotatable bonds is 6. The zero-order valence-electron chi connectivity index (χ0n) is 20.8. The Balaban J connectivity index is 1.42. The number of benzene rings is 1. The molecule has 1 fully saturated rings. The van der Waals surface area contributed by atoms with Crippen LogP contribution in [0.2, 0.25) is 0 Å². The van der Waals surface area contributed by atoms with Crippen molar-refractivity contribution >= 4 is 22.7 Å². The summed E-state index contributed by atoms with van der Waals surface area (Å²) in [7, 11) is 0. The molecule has 1 aliphatic heterocycles. The van der Waals surface area contributed by atoms with E-state index in [1.165, 1.54) is 24.0 Å². The van der Waals surface area contributed by atoms with Crippen LogP contribution in [0.5, 0.6) is 0 Å². The lowest BCUT2D eigenvalue weighted by Gasteiger charge is -2.27. The van der Waals surface area contributed by atoms with Crippen LogP contribution < -0.4 is 16.2 Å². The summed E-state index contributed by atoms with van der Waals surface area (Å²) in [5, 5.41) is 7.43. The van der Waals surface area contributed by atoms with Crippen LogP contribution in [-0.2, 0) is 23.9 Å². The third-order valence-electron chi connectivity index (χ3n) is 7.48. The summed E-state index contributed by atoms with van der Waals surface area (Å²) < 4.78 is 17.1. The number of nitrogens with one attached hydrogen (secondary N) is 2. The van der Waals surface area contributed by atoms with E-state index in [1.807, 2.05) is 32.9 Å². The average Bonchev–Trinajstić information content (AvgIpc) is 3.60. The third kappa shape index (κ3) is 3.61. The van der Waals surface area contributed by atoms with Gasteiger partial charge in [0.05, 0.1) is 11.4 Å². The van der Waals surface area contributed by atoms with E-state index in [4.69, 9.17) is 4.98 Å². The quantitative estimate of drug-likeness (QED) is 0.425. The van der Waals surface area contributed by atoms with Crippen LogP contribution in [0.1, 0.15) is 50.4 Å². The van der Waals surface area contributed by atoms with Crippen molar-refractivity contribution in [3.8, 4) is 5.69 Å². The van der Waals surface area contributed by atoms with E-state index in [1.54, 1.807) is 21.8 Å². The Hall–Kier alpha value is -3.59. The second-order valence-corrected chi connectivity index (χ2v) is 10.4. The van der Waals surface area contributed by atoms with Gasteiger partial charge in [0, 0.05) is 42.1 Å². The molecule has 0 saturated heterocycles. The van der Waals surface area contributed by atoms with Crippen LogP contribution in [-0.4, -0.2) is 37.5 Å². The van der Waals surface area contributed by atoms with E-state index in [2.05, 4.69) is 38.8 Å². The smallest absolute Gasteiger partial charge is 0.278 e. The van der Waals surface area contributed by atoms with Gasteiger partial charge in [0.15, 0.2) is 5.65 Å². The van der Waals surface area contributed by atoms with E-state index in [9.17, 15) is 9.18 Å². The molecule has 36 heavy (non-hydrogen) atoms. The zero-order chi connectivity index (χ0) is 25.1. The number of fused-ring (bicyclic) bond motifs is 3. The molecule has 186 valence electrons. The van der Waals surface area contributed by atoms with Crippen molar-refractivity contribution in [2.24, 2.45) is 0 Å². The van der Waals surface area contributed by atoms with Crippen LogP contribution in [0.25, 0.3) is 16.7 Å². The molecule has 0 amide bonds. The van der Waals surface area contributed by atoms with Crippen molar-refractivity contribution in [3.63, 3.8) is 0 Å². The summed E-state index contributed by atoms with van der Waals surface area (Å²) in [6.45, 7) is 6.43. The van der Waals surface area contributed by atoms with Gasteiger partial charge in [-0.2, -0.15) is 4.98 Å². The normalized spacial score (nSPS) is 16.3. The van der Waals surface area contributed by atoms with E-state index in [-0.39, 0.29) is 11.1 Å². The van der Waals surface area contributed by atoms with Gasteiger partial charge in [0.2, 0.25) is 5.95 Å². The first-order valence-electron chi connectivity index (χ1n) is 12.5. The van der Waals surface area contributed by atoms with Crippen molar-refractivity contribution in [1.29, 1.82) is 0 Å². The van der Waals surface area contributed by atoms with E-state index < -0.39 is 12.1 Å². The van der Waals surface area contributed by atoms with Crippen LogP contribution in [0, 0.1) is 0 Å². The Bertz CT molecular complexity index is 1530. The number of alkyl halides is 1. The molecule has 0 atom stereocenters. The zero-order valence-corrected chi connectivity index (χ0v) is 20.8. The van der Waals surface area contributed by atoms with Crippen LogP contribution >= 0.6 is 0 Å². The molecule has 6 rings (SSSR count). The van der Waals surface area contributed by atoms with Crippen LogP contribution in [0.3, 0.4) is 0 Å². The lowest BCUT2D eigenvalue weighted by atomic mass is 9.90. The van der Waals surface area contributed by atoms with E-state index in [0.717, 1.165) is 18.7 Å². The maximum Gasteiger partial charge on any atom is 0.278 e. The SMILES string of the molecule is CCn1c(=O)c2cnc(Nc3ccc4c(c3)CCNC43CC3)nc2n1-c1ccnc(C(C)(C)CF)c1. The van der Waals surface area contributed by atoms with E-state index >= 15 is 0 Å². The van der Waals surface area contributed by atoms with E-state index in [0.29, 0.717) is 34.9 Å². The molecule has 1 saturated carbocycles. The fourth-order valence-electron chi connectivity index (χ4n) is 5.20. The van der Waals surface area contributed by atoms with Crippen molar-refractivity contribution < 1.29 is 4.39 Å². The summed E-state index contributed by atoms with van der Waals surface area (Å²) in [4.78, 5) is 26.7. The summed E-state index contributed by atoms with van der Waals surface area (Å²) in [5.41, 5.74) is 4.76. The molecule has 2 N–H and O–H groups in total. The number of hydrogen-bond donors (Lipinski definition) is 2. The molecule has 9 heteroatoms. The van der Waals surface area contributed by atoms with Gasteiger partial charge >= 0.3 is 0 Å². The highest BCUT2D eigenvalue weighted by Crippen LogP contribution is 2.48. The van der Waals surface area contributed by atoms with Crippen molar-refractivity contribution in [2.45, 2.75) is 57.5 Å². The predicted molar refractivity (Wildman–Crippen MR) is 138 cm³/mol. The number of aromatic nitrogens is 5. The van der Waals surface area contributed by atoms with Crippen LogP contribution in [0.15, 0.2) is 47.5 Å². The van der Waals surface area contributed by atoms with Gasteiger partial charge in [-0.15, -0.1) is 0 Å². The van der Waals surface area contributed by atoms with Gasteiger partial charge < -0.3 is 10.6 Å². The van der Waals surface area contributed by atoms with Gasteiger partial charge in [0.1, 0.15) is 12.1 Å². The molecule has 4 aromatic rings. The number of anilines is 2. The number of halogens is 1. The first-order chi connectivity index (χ1) is 17.3. The maximum atomic E-state index is 13.7. The molecule has 1 spiro atoms. The van der Waals surface area contributed by atoms with Gasteiger partial charge in [-0.1, -0.05) is 19.9 Å². The lowest BCUT2D eigenvalue weighted by molar-refractivity contribution is 0.344. The molecule has 0 unspecified atom stereocenters. The molecule has 1 aliphatic carbocycles. The van der Waals surface area contributed by atoms with Crippen LogP contribution in [0.4, 0.5) is 16.0 Å². The minimum absolute atomic E-state index is 0.168. The number of hydrogen-bond acceptors (Lipinski definition) is 6. The van der Waals surface area contributed by atoms with Crippen molar-refractivity contribution in [1.82, 2.24) is 29.6 Å². The Labute approximate surface area is 208 Å². The predicted octanol–water partition coefficient (Wildman–Crippen LogP) is 4.12. The fraction of sp³-hybridized carbons (Fsp3) is 0.407. The summed E-state index contributed by atoms with van der Waals surface area (Å²) in [6.07, 6.45) is 6.60. The molecule has 1 aromatic carbocycles. The lowest BCUT2D eigenvalue weighted by Crippen LogP contribution is -2.36. The van der Waals surface area contributed by atoms with Gasteiger partial charge in [0.25, 0.3) is 5.56 Å². The maximum absolute atomic E-state index is 13.7. The minimum atomic E-state index is -0.737. The molecule has 4 heterocycles. The fourth-order valence-corrected chi connectivity index (χ4v) is 5.20. The molecule has 3 aromatic heterocycles. The molecule has 8 nitrogen and oxygen atoms in total.